The number of thiophene rings is 1. The molecule has 3 nitrogen and oxygen atoms in total. The van der Waals surface area contributed by atoms with Gasteiger partial charge in [-0.2, -0.15) is 0 Å². The van der Waals surface area contributed by atoms with Gasteiger partial charge in [-0.1, -0.05) is 40.2 Å². The highest BCUT2D eigenvalue weighted by Gasteiger charge is 2.22. The fraction of sp³-hybridized carbons (Fsp3) is 0.160. The summed E-state index contributed by atoms with van der Waals surface area (Å²) in [7, 11) is 1.65. The van der Waals surface area contributed by atoms with Crippen LogP contribution in [0.4, 0.5) is 0 Å². The van der Waals surface area contributed by atoms with Gasteiger partial charge in [0.1, 0.15) is 11.5 Å². The lowest BCUT2D eigenvalue weighted by molar-refractivity contribution is 0.104. The molecule has 0 unspecified atom stereocenters. The first-order valence-electron chi connectivity index (χ1n) is 9.62. The molecule has 0 aliphatic rings. The molecule has 0 radical (unpaired) electrons. The van der Waals surface area contributed by atoms with Crippen molar-refractivity contribution < 1.29 is 14.3 Å². The largest absolute Gasteiger partial charge is 0.497 e. The molecule has 0 saturated heterocycles. The van der Waals surface area contributed by atoms with Crippen molar-refractivity contribution in [2.45, 2.75) is 6.92 Å². The van der Waals surface area contributed by atoms with Crippen LogP contribution in [0.1, 0.15) is 21.5 Å². The fourth-order valence-corrected chi connectivity index (χ4v) is 4.86. The Kier molecular flexibility index (Phi) is 6.21. The normalized spacial score (nSPS) is 10.9. The summed E-state index contributed by atoms with van der Waals surface area (Å²) in [6, 6.07) is 21.5. The molecule has 3 aromatic carbocycles. The third-order valence-electron chi connectivity index (χ3n) is 4.87. The standard InChI is InChI=1S/C25H21BrO3S/c1-16-6-11-21-22(14-16)30-25(18-4-3-5-20(15-18)28-2)23(21)24(27)17-7-9-19(10-8-17)29-13-12-26/h3-11,14-15H,12-13H2,1-2H3. The third kappa shape index (κ3) is 4.13. The maximum absolute atomic E-state index is 13.6. The van der Waals surface area contributed by atoms with E-state index >= 15 is 0 Å². The van der Waals surface area contributed by atoms with Gasteiger partial charge in [0.25, 0.3) is 0 Å². The van der Waals surface area contributed by atoms with E-state index in [1.54, 1.807) is 18.4 Å². The first-order valence-corrected chi connectivity index (χ1v) is 11.6. The molecule has 152 valence electrons. The van der Waals surface area contributed by atoms with Gasteiger partial charge >= 0.3 is 0 Å². The predicted octanol–water partition coefficient (Wildman–Crippen LogP) is 6.89. The zero-order valence-corrected chi connectivity index (χ0v) is 19.2. The maximum atomic E-state index is 13.6. The molecule has 0 spiro atoms. The molecule has 1 heterocycles. The Hall–Kier alpha value is -2.63. The van der Waals surface area contributed by atoms with E-state index in [1.807, 2.05) is 54.6 Å². The molecule has 0 fully saturated rings. The van der Waals surface area contributed by atoms with Crippen molar-refractivity contribution in [1.29, 1.82) is 0 Å². The van der Waals surface area contributed by atoms with Gasteiger partial charge in [-0.05, 0) is 60.5 Å². The van der Waals surface area contributed by atoms with E-state index in [9.17, 15) is 4.79 Å². The number of aryl methyl sites for hydroxylation is 1. The SMILES string of the molecule is COc1cccc(-c2sc3cc(C)ccc3c2C(=O)c2ccc(OCCBr)cc2)c1. The van der Waals surface area contributed by atoms with Crippen molar-refractivity contribution in [3.8, 4) is 21.9 Å². The van der Waals surface area contributed by atoms with Crippen molar-refractivity contribution in [3.05, 3.63) is 83.4 Å². The zero-order chi connectivity index (χ0) is 21.1. The molecule has 0 aliphatic carbocycles. The number of hydrogen-bond donors (Lipinski definition) is 0. The van der Waals surface area contributed by atoms with Crippen molar-refractivity contribution >= 4 is 43.1 Å². The summed E-state index contributed by atoms with van der Waals surface area (Å²) >= 11 is 4.99. The molecule has 0 saturated carbocycles. The Morgan fingerprint density at radius 3 is 2.53 bits per heavy atom. The second kappa shape index (κ2) is 9.02. The second-order valence-corrected chi connectivity index (χ2v) is 8.77. The number of hydrogen-bond acceptors (Lipinski definition) is 4. The minimum atomic E-state index is 0.00923. The lowest BCUT2D eigenvalue weighted by atomic mass is 9.97. The van der Waals surface area contributed by atoms with Crippen molar-refractivity contribution in [3.63, 3.8) is 0 Å². The number of carbonyl (C=O) groups excluding carboxylic acids is 1. The van der Waals surface area contributed by atoms with Gasteiger partial charge in [-0.3, -0.25) is 4.79 Å². The van der Waals surface area contributed by atoms with E-state index in [0.29, 0.717) is 12.2 Å². The third-order valence-corrected chi connectivity index (χ3v) is 6.39. The number of rotatable bonds is 7. The topological polar surface area (TPSA) is 35.5 Å². The highest BCUT2D eigenvalue weighted by atomic mass is 79.9. The van der Waals surface area contributed by atoms with Gasteiger partial charge in [-0.25, -0.2) is 0 Å². The summed E-state index contributed by atoms with van der Waals surface area (Å²) in [6.45, 7) is 2.65. The molecule has 0 aliphatic heterocycles. The van der Waals surface area contributed by atoms with E-state index < -0.39 is 0 Å². The summed E-state index contributed by atoms with van der Waals surface area (Å²) in [5.41, 5.74) is 3.53. The number of ketones is 1. The number of halogens is 1. The van der Waals surface area contributed by atoms with E-state index in [4.69, 9.17) is 9.47 Å². The summed E-state index contributed by atoms with van der Waals surface area (Å²) in [5, 5.41) is 1.74. The molecular formula is C25H21BrO3S. The minimum Gasteiger partial charge on any atom is -0.497 e. The minimum absolute atomic E-state index is 0.00923. The Labute approximate surface area is 188 Å². The van der Waals surface area contributed by atoms with E-state index in [2.05, 4.69) is 35.0 Å². The molecule has 0 amide bonds. The summed E-state index contributed by atoms with van der Waals surface area (Å²) in [6.07, 6.45) is 0. The molecule has 0 bridgehead atoms. The van der Waals surface area contributed by atoms with Crippen LogP contribution >= 0.6 is 27.3 Å². The number of ether oxygens (including phenoxy) is 2. The second-order valence-electron chi connectivity index (χ2n) is 6.93. The van der Waals surface area contributed by atoms with Crippen LogP contribution in [0.25, 0.3) is 20.5 Å². The molecule has 1 aromatic heterocycles. The number of fused-ring (bicyclic) bond motifs is 1. The average Bonchev–Trinajstić information content (AvgIpc) is 3.16. The van der Waals surface area contributed by atoms with Crippen LogP contribution in [-0.2, 0) is 0 Å². The maximum Gasteiger partial charge on any atom is 0.195 e. The first kappa shape index (κ1) is 20.6. The van der Waals surface area contributed by atoms with E-state index in [-0.39, 0.29) is 5.78 Å². The number of methoxy groups -OCH3 is 1. The van der Waals surface area contributed by atoms with Gasteiger partial charge in [0.2, 0.25) is 0 Å². The van der Waals surface area contributed by atoms with Crippen LogP contribution in [0.15, 0.2) is 66.7 Å². The van der Waals surface area contributed by atoms with Crippen LogP contribution in [-0.4, -0.2) is 24.8 Å². The Bertz CT molecular complexity index is 1190. The molecule has 0 N–H and O–H groups in total. The molecular weight excluding hydrogens is 460 g/mol. The highest BCUT2D eigenvalue weighted by molar-refractivity contribution is 9.09. The first-order chi connectivity index (χ1) is 14.6. The Morgan fingerprint density at radius 1 is 1.00 bits per heavy atom. The smallest absolute Gasteiger partial charge is 0.195 e. The van der Waals surface area contributed by atoms with Gasteiger partial charge in [0.05, 0.1) is 13.7 Å². The molecule has 4 rings (SSSR count). The van der Waals surface area contributed by atoms with Crippen LogP contribution in [0.3, 0.4) is 0 Å². The Morgan fingerprint density at radius 2 is 1.80 bits per heavy atom. The van der Waals surface area contributed by atoms with Crippen molar-refractivity contribution in [2.75, 3.05) is 19.0 Å². The van der Waals surface area contributed by atoms with Crippen LogP contribution in [0.2, 0.25) is 0 Å². The quantitative estimate of drug-likeness (QED) is 0.213. The molecule has 5 heteroatoms. The van der Waals surface area contributed by atoms with Gasteiger partial charge in [0.15, 0.2) is 5.78 Å². The van der Waals surface area contributed by atoms with Gasteiger partial charge in [-0.15, -0.1) is 11.3 Å². The average molecular weight is 481 g/mol. The van der Waals surface area contributed by atoms with E-state index in [0.717, 1.165) is 42.9 Å². The predicted molar refractivity (Wildman–Crippen MR) is 128 cm³/mol. The van der Waals surface area contributed by atoms with Crippen molar-refractivity contribution in [1.82, 2.24) is 0 Å². The Balaban J connectivity index is 1.83. The molecule has 30 heavy (non-hydrogen) atoms. The highest BCUT2D eigenvalue weighted by Crippen LogP contribution is 2.41. The summed E-state index contributed by atoms with van der Waals surface area (Å²) < 4.78 is 12.1. The monoisotopic (exact) mass is 480 g/mol. The van der Waals surface area contributed by atoms with Gasteiger partial charge in [0, 0.05) is 31.4 Å². The van der Waals surface area contributed by atoms with Crippen molar-refractivity contribution in [2.24, 2.45) is 0 Å². The number of alkyl halides is 1. The zero-order valence-electron chi connectivity index (χ0n) is 16.8. The lowest BCUT2D eigenvalue weighted by Gasteiger charge is -2.08. The van der Waals surface area contributed by atoms with Crippen LogP contribution in [0.5, 0.6) is 11.5 Å². The van der Waals surface area contributed by atoms with E-state index in [1.165, 1.54) is 5.56 Å². The molecule has 4 aromatic rings. The summed E-state index contributed by atoms with van der Waals surface area (Å²) in [5.74, 6) is 1.53. The summed E-state index contributed by atoms with van der Waals surface area (Å²) in [4.78, 5) is 14.6. The number of carbonyl (C=O) groups is 1. The van der Waals surface area contributed by atoms with Gasteiger partial charge < -0.3 is 9.47 Å². The fourth-order valence-electron chi connectivity index (χ4n) is 3.40. The molecule has 0 atom stereocenters. The number of benzene rings is 3. The van der Waals surface area contributed by atoms with Crippen LogP contribution < -0.4 is 9.47 Å². The van der Waals surface area contributed by atoms with Crippen LogP contribution in [0, 0.1) is 6.92 Å². The lowest BCUT2D eigenvalue weighted by Crippen LogP contribution is -2.03.